The Bertz CT molecular complexity index is 341. The molecule has 0 fully saturated rings. The minimum Gasteiger partial charge on any atom is -0.351 e. The first-order chi connectivity index (χ1) is 6.66. The number of hydrogen-bond acceptors (Lipinski definition) is 1. The van der Waals surface area contributed by atoms with Crippen molar-refractivity contribution in [3.63, 3.8) is 0 Å². The standard InChI is InChI=1S/C10H11BrFNO/c1-7-8(3-2-4-9(7)12)10(14)13-6-5-11/h2-4H,5-6H2,1H3,(H,13,14). The Morgan fingerprint density at radius 2 is 2.29 bits per heavy atom. The molecule has 0 heterocycles. The van der Waals surface area contributed by atoms with E-state index in [9.17, 15) is 9.18 Å². The van der Waals surface area contributed by atoms with E-state index in [1.807, 2.05) is 0 Å². The van der Waals surface area contributed by atoms with Crippen LogP contribution in [0.5, 0.6) is 0 Å². The van der Waals surface area contributed by atoms with E-state index in [0.717, 1.165) is 0 Å². The highest BCUT2D eigenvalue weighted by Crippen LogP contribution is 2.11. The van der Waals surface area contributed by atoms with Gasteiger partial charge in [0.25, 0.3) is 5.91 Å². The van der Waals surface area contributed by atoms with Gasteiger partial charge in [-0.3, -0.25) is 4.79 Å². The van der Waals surface area contributed by atoms with Crippen LogP contribution in [0.15, 0.2) is 18.2 Å². The van der Waals surface area contributed by atoms with E-state index < -0.39 is 0 Å². The molecule has 0 unspecified atom stereocenters. The van der Waals surface area contributed by atoms with Crippen molar-refractivity contribution in [2.24, 2.45) is 0 Å². The van der Waals surface area contributed by atoms with E-state index in [1.165, 1.54) is 12.1 Å². The molecule has 0 aliphatic heterocycles. The Balaban J connectivity index is 2.84. The Morgan fingerprint density at radius 1 is 1.57 bits per heavy atom. The fraction of sp³-hybridized carbons (Fsp3) is 0.300. The highest BCUT2D eigenvalue weighted by atomic mass is 79.9. The minimum absolute atomic E-state index is 0.235. The molecule has 0 bridgehead atoms. The first-order valence-corrected chi connectivity index (χ1v) is 5.38. The Labute approximate surface area is 90.6 Å². The molecule has 14 heavy (non-hydrogen) atoms. The highest BCUT2D eigenvalue weighted by Gasteiger charge is 2.10. The lowest BCUT2D eigenvalue weighted by Gasteiger charge is -2.06. The van der Waals surface area contributed by atoms with Crippen molar-refractivity contribution >= 4 is 21.8 Å². The maximum atomic E-state index is 13.1. The van der Waals surface area contributed by atoms with Gasteiger partial charge in [-0.05, 0) is 24.6 Å². The number of benzene rings is 1. The second kappa shape index (κ2) is 5.10. The molecule has 1 rings (SSSR count). The quantitative estimate of drug-likeness (QED) is 0.830. The summed E-state index contributed by atoms with van der Waals surface area (Å²) < 4.78 is 13.1. The molecule has 4 heteroatoms. The lowest BCUT2D eigenvalue weighted by Crippen LogP contribution is -2.26. The number of carbonyl (C=O) groups is 1. The molecule has 0 radical (unpaired) electrons. The van der Waals surface area contributed by atoms with Crippen LogP contribution in [0.2, 0.25) is 0 Å². The SMILES string of the molecule is Cc1c(F)cccc1C(=O)NCCBr. The van der Waals surface area contributed by atoms with E-state index in [0.29, 0.717) is 23.0 Å². The van der Waals surface area contributed by atoms with Crippen LogP contribution in [-0.2, 0) is 0 Å². The van der Waals surface area contributed by atoms with Crippen molar-refractivity contribution in [1.82, 2.24) is 5.32 Å². The largest absolute Gasteiger partial charge is 0.351 e. The van der Waals surface area contributed by atoms with Crippen molar-refractivity contribution in [2.75, 3.05) is 11.9 Å². The fourth-order valence-corrected chi connectivity index (χ4v) is 1.31. The first-order valence-electron chi connectivity index (χ1n) is 4.26. The van der Waals surface area contributed by atoms with E-state index in [2.05, 4.69) is 21.2 Å². The van der Waals surface area contributed by atoms with Gasteiger partial charge in [-0.1, -0.05) is 22.0 Å². The van der Waals surface area contributed by atoms with Crippen LogP contribution >= 0.6 is 15.9 Å². The molecule has 0 spiro atoms. The van der Waals surface area contributed by atoms with Gasteiger partial charge in [0.1, 0.15) is 5.82 Å². The topological polar surface area (TPSA) is 29.1 Å². The van der Waals surface area contributed by atoms with Crippen molar-refractivity contribution in [3.8, 4) is 0 Å². The summed E-state index contributed by atoms with van der Waals surface area (Å²) in [5.41, 5.74) is 0.783. The van der Waals surface area contributed by atoms with Crippen LogP contribution in [0.1, 0.15) is 15.9 Å². The maximum absolute atomic E-state index is 13.1. The van der Waals surface area contributed by atoms with Crippen LogP contribution in [0, 0.1) is 12.7 Å². The molecular formula is C10H11BrFNO. The van der Waals surface area contributed by atoms with Gasteiger partial charge in [-0.15, -0.1) is 0 Å². The van der Waals surface area contributed by atoms with Gasteiger partial charge < -0.3 is 5.32 Å². The lowest BCUT2D eigenvalue weighted by atomic mass is 10.1. The summed E-state index contributed by atoms with van der Waals surface area (Å²) in [6.45, 7) is 2.13. The van der Waals surface area contributed by atoms with Gasteiger partial charge in [-0.25, -0.2) is 4.39 Å². The molecule has 2 nitrogen and oxygen atoms in total. The molecule has 0 saturated carbocycles. The molecule has 1 aromatic carbocycles. The second-order valence-corrected chi connectivity index (χ2v) is 3.65. The zero-order chi connectivity index (χ0) is 10.6. The van der Waals surface area contributed by atoms with Gasteiger partial charge in [0, 0.05) is 17.4 Å². The third-order valence-electron chi connectivity index (χ3n) is 1.89. The zero-order valence-electron chi connectivity index (χ0n) is 7.81. The number of rotatable bonds is 3. The van der Waals surface area contributed by atoms with Gasteiger partial charge in [0.15, 0.2) is 0 Å². The molecule has 1 aromatic rings. The second-order valence-electron chi connectivity index (χ2n) is 2.86. The average molecular weight is 260 g/mol. The van der Waals surface area contributed by atoms with Crippen molar-refractivity contribution in [3.05, 3.63) is 35.1 Å². The summed E-state index contributed by atoms with van der Waals surface area (Å²) >= 11 is 3.19. The minimum atomic E-state index is -0.350. The zero-order valence-corrected chi connectivity index (χ0v) is 9.40. The van der Waals surface area contributed by atoms with Gasteiger partial charge >= 0.3 is 0 Å². The Hall–Kier alpha value is -0.900. The summed E-state index contributed by atoms with van der Waals surface area (Å²) in [6.07, 6.45) is 0. The number of carbonyl (C=O) groups excluding carboxylic acids is 1. The highest BCUT2D eigenvalue weighted by molar-refractivity contribution is 9.09. The summed E-state index contributed by atoms with van der Waals surface area (Å²) in [4.78, 5) is 11.5. The van der Waals surface area contributed by atoms with Crippen LogP contribution in [0.4, 0.5) is 4.39 Å². The number of amides is 1. The smallest absolute Gasteiger partial charge is 0.251 e. The van der Waals surface area contributed by atoms with Crippen molar-refractivity contribution in [2.45, 2.75) is 6.92 Å². The fourth-order valence-electron chi connectivity index (χ4n) is 1.11. The Morgan fingerprint density at radius 3 is 2.93 bits per heavy atom. The molecular weight excluding hydrogens is 249 g/mol. The van der Waals surface area contributed by atoms with Crippen LogP contribution in [0.3, 0.4) is 0 Å². The number of hydrogen-bond donors (Lipinski definition) is 1. The van der Waals surface area contributed by atoms with Gasteiger partial charge in [0.2, 0.25) is 0 Å². The van der Waals surface area contributed by atoms with E-state index in [-0.39, 0.29) is 11.7 Å². The van der Waals surface area contributed by atoms with Crippen LogP contribution in [0.25, 0.3) is 0 Å². The maximum Gasteiger partial charge on any atom is 0.251 e. The predicted octanol–water partition coefficient (Wildman–Crippen LogP) is 2.26. The molecule has 0 aliphatic carbocycles. The summed E-state index contributed by atoms with van der Waals surface area (Å²) in [7, 11) is 0. The number of halogens is 2. The van der Waals surface area contributed by atoms with Gasteiger partial charge in [0.05, 0.1) is 0 Å². The molecule has 1 N–H and O–H groups in total. The van der Waals surface area contributed by atoms with Crippen molar-refractivity contribution < 1.29 is 9.18 Å². The predicted molar refractivity (Wildman–Crippen MR) is 57.3 cm³/mol. The normalized spacial score (nSPS) is 9.93. The van der Waals surface area contributed by atoms with Gasteiger partial charge in [-0.2, -0.15) is 0 Å². The molecule has 0 aliphatic rings. The Kier molecular flexibility index (Phi) is 4.07. The monoisotopic (exact) mass is 259 g/mol. The van der Waals surface area contributed by atoms with Crippen LogP contribution < -0.4 is 5.32 Å². The van der Waals surface area contributed by atoms with Crippen molar-refractivity contribution in [1.29, 1.82) is 0 Å². The number of nitrogens with one attached hydrogen (secondary N) is 1. The molecule has 0 saturated heterocycles. The third kappa shape index (κ3) is 2.54. The third-order valence-corrected chi connectivity index (χ3v) is 2.29. The first kappa shape index (κ1) is 11.2. The molecule has 76 valence electrons. The van der Waals surface area contributed by atoms with E-state index in [4.69, 9.17) is 0 Å². The molecule has 0 atom stereocenters. The van der Waals surface area contributed by atoms with E-state index >= 15 is 0 Å². The summed E-state index contributed by atoms with van der Waals surface area (Å²) in [6, 6.07) is 4.49. The molecule has 0 aromatic heterocycles. The average Bonchev–Trinajstić information content (AvgIpc) is 2.18. The molecule has 1 amide bonds. The van der Waals surface area contributed by atoms with Crippen LogP contribution in [-0.4, -0.2) is 17.8 Å². The summed E-state index contributed by atoms with van der Waals surface area (Å²) in [5, 5.41) is 3.35. The summed E-state index contributed by atoms with van der Waals surface area (Å²) in [5.74, 6) is -0.585. The number of alkyl halides is 1. The van der Waals surface area contributed by atoms with E-state index in [1.54, 1.807) is 13.0 Å². The lowest BCUT2D eigenvalue weighted by molar-refractivity contribution is 0.0955.